The summed E-state index contributed by atoms with van der Waals surface area (Å²) in [5.74, 6) is 2.63. The predicted molar refractivity (Wildman–Crippen MR) is 106 cm³/mol. The zero-order chi connectivity index (χ0) is 18.3. The number of nitrogens with zero attached hydrogens (tertiary/aromatic N) is 2. The molecular weight excluding hydrogens is 336 g/mol. The molecule has 4 aliphatic rings. The molecule has 1 spiro atoms. The fourth-order valence-corrected chi connectivity index (χ4v) is 5.35. The van der Waals surface area contributed by atoms with Gasteiger partial charge in [-0.25, -0.2) is 0 Å². The lowest BCUT2D eigenvalue weighted by atomic mass is 9.76. The molecule has 0 aromatic heterocycles. The number of fused-ring (bicyclic) bond motifs is 1. The zero-order valence-corrected chi connectivity index (χ0v) is 16.4. The third-order valence-corrected chi connectivity index (χ3v) is 7.16. The summed E-state index contributed by atoms with van der Waals surface area (Å²) in [6.45, 7) is 5.47. The molecule has 2 saturated heterocycles. The van der Waals surface area contributed by atoms with E-state index >= 15 is 0 Å². The molecule has 1 saturated carbocycles. The summed E-state index contributed by atoms with van der Waals surface area (Å²) in [5, 5.41) is 0. The van der Waals surface area contributed by atoms with Crippen LogP contribution in [0.25, 0.3) is 0 Å². The van der Waals surface area contributed by atoms with Crippen LogP contribution in [0.15, 0.2) is 24.3 Å². The molecule has 1 aromatic rings. The average molecular weight is 369 g/mol. The molecule has 146 valence electrons. The number of ether oxygens (including phenoxy) is 1. The highest BCUT2D eigenvalue weighted by Crippen LogP contribution is 2.47. The molecule has 0 unspecified atom stereocenters. The Morgan fingerprint density at radius 2 is 1.81 bits per heavy atom. The fourth-order valence-electron chi connectivity index (χ4n) is 5.35. The molecule has 3 heterocycles. The number of hydrogen-bond acceptors (Lipinski definition) is 3. The minimum absolute atomic E-state index is 0.0651. The van der Waals surface area contributed by atoms with Gasteiger partial charge in [0.15, 0.2) is 0 Å². The summed E-state index contributed by atoms with van der Waals surface area (Å²) >= 11 is 0. The van der Waals surface area contributed by atoms with Crippen molar-refractivity contribution >= 4 is 5.91 Å². The number of likely N-dealkylation sites (tertiary alicyclic amines) is 2. The number of benzene rings is 1. The Morgan fingerprint density at radius 1 is 1.07 bits per heavy atom. The van der Waals surface area contributed by atoms with Crippen LogP contribution < -0.4 is 4.74 Å². The second kappa shape index (κ2) is 7.12. The molecule has 4 nitrogen and oxygen atoms in total. The minimum Gasteiger partial charge on any atom is -0.487 e. The molecule has 3 aliphatic heterocycles. The topological polar surface area (TPSA) is 32.8 Å². The smallest absolute Gasteiger partial charge is 0.223 e. The second-order valence-corrected chi connectivity index (χ2v) is 9.26. The number of amides is 1. The van der Waals surface area contributed by atoms with E-state index in [2.05, 4.69) is 34.1 Å². The van der Waals surface area contributed by atoms with Crippen molar-refractivity contribution in [2.75, 3.05) is 32.7 Å². The predicted octanol–water partition coefficient (Wildman–Crippen LogP) is 3.81. The molecule has 3 fully saturated rings. The normalized spacial score (nSPS) is 27.4. The summed E-state index contributed by atoms with van der Waals surface area (Å²) in [7, 11) is 0. The average Bonchev–Trinajstić information content (AvgIpc) is 3.32. The van der Waals surface area contributed by atoms with E-state index in [4.69, 9.17) is 4.74 Å². The Balaban J connectivity index is 1.31. The van der Waals surface area contributed by atoms with Crippen LogP contribution in [0.5, 0.6) is 5.75 Å². The number of rotatable bonds is 4. The third-order valence-electron chi connectivity index (χ3n) is 7.16. The first kappa shape index (κ1) is 17.5. The van der Waals surface area contributed by atoms with Crippen LogP contribution in [-0.2, 0) is 4.79 Å². The van der Waals surface area contributed by atoms with Gasteiger partial charge in [-0.15, -0.1) is 0 Å². The van der Waals surface area contributed by atoms with Crippen molar-refractivity contribution < 1.29 is 9.53 Å². The quantitative estimate of drug-likeness (QED) is 0.810. The maximum atomic E-state index is 12.9. The van der Waals surface area contributed by atoms with Crippen molar-refractivity contribution in [3.05, 3.63) is 29.8 Å². The third kappa shape index (κ3) is 3.73. The molecular formula is C23H32N2O2. The summed E-state index contributed by atoms with van der Waals surface area (Å²) in [5.41, 5.74) is 1.18. The summed E-state index contributed by atoms with van der Waals surface area (Å²) in [6.07, 6.45) is 9.02. The van der Waals surface area contributed by atoms with Gasteiger partial charge >= 0.3 is 0 Å². The molecule has 0 bridgehead atoms. The molecule has 0 radical (unpaired) electrons. The molecule has 1 aromatic carbocycles. The van der Waals surface area contributed by atoms with E-state index in [1.54, 1.807) is 0 Å². The standard InChI is InChI=1S/C23H32N2O2/c26-22(25-11-3-4-12-25)15-19-16-23(27-21-6-2-1-5-20(19)21)9-13-24(14-10-23)17-18-7-8-18/h1-2,5-6,18-19H,3-4,7-17H2/t19-/m1/s1. The lowest BCUT2D eigenvalue weighted by Gasteiger charge is -2.47. The first-order valence-corrected chi connectivity index (χ1v) is 11.0. The van der Waals surface area contributed by atoms with Gasteiger partial charge in [0.2, 0.25) is 5.91 Å². The Bertz CT molecular complexity index is 685. The molecule has 5 rings (SSSR count). The lowest BCUT2D eigenvalue weighted by Crippen LogP contribution is -2.51. The second-order valence-electron chi connectivity index (χ2n) is 9.26. The van der Waals surface area contributed by atoms with Gasteiger partial charge in [-0.2, -0.15) is 0 Å². The van der Waals surface area contributed by atoms with Gasteiger partial charge in [0.25, 0.3) is 0 Å². The van der Waals surface area contributed by atoms with Gasteiger partial charge in [0.05, 0.1) is 0 Å². The van der Waals surface area contributed by atoms with Crippen molar-refractivity contribution in [3.63, 3.8) is 0 Å². The molecule has 0 N–H and O–H groups in total. The van der Waals surface area contributed by atoms with Gasteiger partial charge in [0, 0.05) is 45.1 Å². The van der Waals surface area contributed by atoms with Crippen LogP contribution in [-0.4, -0.2) is 54.0 Å². The van der Waals surface area contributed by atoms with E-state index in [1.807, 2.05) is 0 Å². The first-order valence-electron chi connectivity index (χ1n) is 11.0. The van der Waals surface area contributed by atoms with Gasteiger partial charge < -0.3 is 14.5 Å². The number of para-hydroxylation sites is 1. The highest BCUT2D eigenvalue weighted by molar-refractivity contribution is 5.77. The van der Waals surface area contributed by atoms with Crippen LogP contribution >= 0.6 is 0 Å². The van der Waals surface area contributed by atoms with E-state index in [9.17, 15) is 4.79 Å². The lowest BCUT2D eigenvalue weighted by molar-refractivity contribution is -0.131. The maximum Gasteiger partial charge on any atom is 0.223 e. The summed E-state index contributed by atoms with van der Waals surface area (Å²) < 4.78 is 6.62. The molecule has 1 amide bonds. The molecule has 1 atom stereocenters. The van der Waals surface area contributed by atoms with Crippen molar-refractivity contribution in [2.24, 2.45) is 5.92 Å². The van der Waals surface area contributed by atoms with E-state index in [0.717, 1.165) is 70.0 Å². The van der Waals surface area contributed by atoms with E-state index in [1.165, 1.54) is 24.9 Å². The highest BCUT2D eigenvalue weighted by atomic mass is 16.5. The van der Waals surface area contributed by atoms with Crippen molar-refractivity contribution in [1.29, 1.82) is 0 Å². The Morgan fingerprint density at radius 3 is 2.56 bits per heavy atom. The maximum absolute atomic E-state index is 12.9. The van der Waals surface area contributed by atoms with Crippen LogP contribution in [0.3, 0.4) is 0 Å². The van der Waals surface area contributed by atoms with Crippen molar-refractivity contribution in [1.82, 2.24) is 9.80 Å². The molecule has 4 heteroatoms. The van der Waals surface area contributed by atoms with Crippen molar-refractivity contribution in [2.45, 2.75) is 62.9 Å². The largest absolute Gasteiger partial charge is 0.487 e. The molecule has 1 aliphatic carbocycles. The number of hydrogen-bond donors (Lipinski definition) is 0. The number of piperidine rings is 1. The van der Waals surface area contributed by atoms with Gasteiger partial charge in [-0.1, -0.05) is 18.2 Å². The first-order chi connectivity index (χ1) is 13.2. The highest BCUT2D eigenvalue weighted by Gasteiger charge is 2.44. The van der Waals surface area contributed by atoms with E-state index < -0.39 is 0 Å². The van der Waals surface area contributed by atoms with Crippen molar-refractivity contribution in [3.8, 4) is 5.75 Å². The van der Waals surface area contributed by atoms with Gasteiger partial charge in [-0.3, -0.25) is 4.79 Å². The van der Waals surface area contributed by atoms with Crippen LogP contribution in [0.1, 0.15) is 62.8 Å². The molecule has 27 heavy (non-hydrogen) atoms. The van der Waals surface area contributed by atoms with Crippen LogP contribution in [0.4, 0.5) is 0 Å². The Labute approximate surface area is 162 Å². The van der Waals surface area contributed by atoms with Crippen LogP contribution in [0.2, 0.25) is 0 Å². The monoisotopic (exact) mass is 368 g/mol. The Kier molecular flexibility index (Phi) is 4.63. The minimum atomic E-state index is -0.0651. The van der Waals surface area contributed by atoms with Gasteiger partial charge in [-0.05, 0) is 62.5 Å². The Hall–Kier alpha value is -1.55. The SMILES string of the molecule is O=C(C[C@@H]1CC2(CCN(CC3CC3)CC2)Oc2ccccc21)N1CCCC1. The van der Waals surface area contributed by atoms with E-state index in [-0.39, 0.29) is 5.60 Å². The van der Waals surface area contributed by atoms with Crippen LogP contribution in [0, 0.1) is 5.92 Å². The summed E-state index contributed by atoms with van der Waals surface area (Å²) in [6, 6.07) is 8.44. The fraction of sp³-hybridized carbons (Fsp3) is 0.696. The number of carbonyl (C=O) groups excluding carboxylic acids is 1. The zero-order valence-electron chi connectivity index (χ0n) is 16.4. The number of carbonyl (C=O) groups is 1. The van der Waals surface area contributed by atoms with Gasteiger partial charge in [0.1, 0.15) is 11.4 Å². The summed E-state index contributed by atoms with van der Waals surface area (Å²) in [4.78, 5) is 17.6. The van der Waals surface area contributed by atoms with E-state index in [0.29, 0.717) is 18.2 Å².